The maximum absolute atomic E-state index is 14.2. The maximum Gasteiger partial charge on any atom is 0.352 e. The number of likely N-dealkylation sites (tertiary alicyclic amines) is 1. The van der Waals surface area contributed by atoms with Crippen molar-refractivity contribution in [1.82, 2.24) is 23.7 Å². The van der Waals surface area contributed by atoms with Crippen molar-refractivity contribution in [3.63, 3.8) is 0 Å². The van der Waals surface area contributed by atoms with Crippen LogP contribution in [0.1, 0.15) is 127 Å². The zero-order chi connectivity index (χ0) is 55.2. The molecule has 3 saturated heterocycles. The number of imide groups is 1. The van der Waals surface area contributed by atoms with Crippen molar-refractivity contribution < 1.29 is 46.6 Å². The maximum atomic E-state index is 14.2. The van der Waals surface area contributed by atoms with Crippen LogP contribution < -0.4 is 26.4 Å². The van der Waals surface area contributed by atoms with Crippen LogP contribution in [0.3, 0.4) is 0 Å². The number of carbonyl (C=O) groups excluding carboxylic acids is 5. The SMILES string of the molecule is Cn1c(=O)n(C2CCC(=O)NC2=O)c2ccc(C3CCN(C(=O)Nc4cccc(CS(=O)(=O)N5CC[C@H](Nc6cccc(-c7sc(C(=O)OC(C)(C)C)c(OCC(=O)OC(C)(C)C)c7Cl)c6)CC5(C)C)c4)CC3)c(Cl)c21. The molecule has 408 valence electrons. The fourth-order valence-electron chi connectivity index (χ4n) is 10.3. The molecule has 5 heterocycles. The Morgan fingerprint density at radius 1 is 0.855 bits per heavy atom. The summed E-state index contributed by atoms with van der Waals surface area (Å²) >= 11 is 15.0. The predicted octanol–water partition coefficient (Wildman–Crippen LogP) is 9.63. The van der Waals surface area contributed by atoms with Crippen molar-refractivity contribution in [2.45, 2.75) is 134 Å². The van der Waals surface area contributed by atoms with Gasteiger partial charge in [0.1, 0.15) is 22.3 Å². The first-order valence-electron chi connectivity index (χ1n) is 25.2. The summed E-state index contributed by atoms with van der Waals surface area (Å²) in [6.45, 7) is 14.9. The molecule has 3 aliphatic rings. The number of ether oxygens (including phenoxy) is 3. The van der Waals surface area contributed by atoms with Gasteiger partial charge in [0.2, 0.25) is 21.8 Å². The van der Waals surface area contributed by atoms with E-state index in [1.165, 1.54) is 9.13 Å². The number of amides is 4. The third kappa shape index (κ3) is 12.6. The third-order valence-corrected chi connectivity index (χ3v) is 17.7. The number of esters is 2. The largest absolute Gasteiger partial charge is 0.479 e. The predicted molar refractivity (Wildman–Crippen MR) is 294 cm³/mol. The van der Waals surface area contributed by atoms with E-state index < -0.39 is 62.9 Å². The Bertz CT molecular complexity index is 3270. The number of hydrogen-bond acceptors (Lipinski definition) is 13. The Morgan fingerprint density at radius 2 is 1.54 bits per heavy atom. The fourth-order valence-corrected chi connectivity index (χ4v) is 14.1. The number of halogens is 2. The Labute approximate surface area is 456 Å². The number of imidazole rings is 1. The van der Waals surface area contributed by atoms with Gasteiger partial charge < -0.3 is 29.7 Å². The highest BCUT2D eigenvalue weighted by molar-refractivity contribution is 7.88. The summed E-state index contributed by atoms with van der Waals surface area (Å²) in [6.07, 6.45) is 2.55. The van der Waals surface area contributed by atoms with Crippen LogP contribution >= 0.6 is 34.5 Å². The van der Waals surface area contributed by atoms with Crippen molar-refractivity contribution in [2.24, 2.45) is 7.05 Å². The molecule has 0 spiro atoms. The van der Waals surface area contributed by atoms with E-state index in [2.05, 4.69) is 16.0 Å². The van der Waals surface area contributed by atoms with Gasteiger partial charge in [0.25, 0.3) is 0 Å². The second-order valence-corrected chi connectivity index (χ2v) is 25.9. The first-order valence-corrected chi connectivity index (χ1v) is 28.4. The van der Waals surface area contributed by atoms with E-state index in [0.29, 0.717) is 76.5 Å². The number of fused-ring (bicyclic) bond motifs is 1. The van der Waals surface area contributed by atoms with E-state index in [4.69, 9.17) is 37.4 Å². The number of thiophene rings is 1. The van der Waals surface area contributed by atoms with Crippen molar-refractivity contribution >= 4 is 96.8 Å². The van der Waals surface area contributed by atoms with Gasteiger partial charge in [-0.15, -0.1) is 11.3 Å². The lowest BCUT2D eigenvalue weighted by molar-refractivity contribution is -0.157. The first kappa shape index (κ1) is 56.3. The number of nitrogens with one attached hydrogen (secondary N) is 3. The lowest BCUT2D eigenvalue weighted by Crippen LogP contribution is -2.55. The molecule has 0 aliphatic carbocycles. The standard InChI is InChI=1S/C54H65Cl2N7O11S2/c1-52(2,3)73-41(65)29-72-45-43(56)46(75-47(45)49(67)74-53(4,5)6)33-13-11-15-35(27-33)57-36-22-25-62(54(7,8)28-36)76(70,71)30-31-12-10-14-34(26-31)58-50(68)61-23-20-32(21-24-61)37-16-17-38-44(42(37)55)60(9)51(69)63(38)39-18-19-40(64)59-48(39)66/h10-17,26-27,32,36,39,57H,18-25,28-30H2,1-9H3,(H,58,68)(H,59,64,66)/t36-,39?/m0/s1. The van der Waals surface area contributed by atoms with Gasteiger partial charge >= 0.3 is 23.7 Å². The number of nitrogens with zero attached hydrogens (tertiary/aromatic N) is 4. The molecule has 0 bridgehead atoms. The summed E-state index contributed by atoms with van der Waals surface area (Å²) in [4.78, 5) is 79.9. The summed E-state index contributed by atoms with van der Waals surface area (Å²) in [7, 11) is -2.22. The molecule has 2 aromatic heterocycles. The Hall–Kier alpha value is -5.93. The van der Waals surface area contributed by atoms with Gasteiger partial charge in [0, 0.05) is 56.1 Å². The number of hydrogen-bond donors (Lipinski definition) is 3. The molecule has 2 atom stereocenters. The van der Waals surface area contributed by atoms with Crippen molar-refractivity contribution in [3.05, 3.63) is 97.2 Å². The third-order valence-electron chi connectivity index (χ3n) is 13.6. The average Bonchev–Trinajstić information content (AvgIpc) is 3.83. The van der Waals surface area contributed by atoms with Crippen LogP contribution in [0.25, 0.3) is 21.5 Å². The fraction of sp³-hybridized carbons (Fsp3) is 0.481. The minimum Gasteiger partial charge on any atom is -0.479 e. The van der Waals surface area contributed by atoms with Crippen molar-refractivity contribution in [1.29, 1.82) is 0 Å². The van der Waals surface area contributed by atoms with E-state index in [1.807, 2.05) is 44.2 Å². The second kappa shape index (κ2) is 21.8. The minimum absolute atomic E-state index is 0.00605. The molecule has 76 heavy (non-hydrogen) atoms. The molecule has 18 nitrogen and oxygen atoms in total. The van der Waals surface area contributed by atoms with Gasteiger partial charge in [-0.2, -0.15) is 4.31 Å². The number of sulfonamides is 1. The molecule has 3 aromatic carbocycles. The normalized spacial score (nSPS) is 18.8. The van der Waals surface area contributed by atoms with Gasteiger partial charge in [0.05, 0.1) is 26.7 Å². The summed E-state index contributed by atoms with van der Waals surface area (Å²) in [5, 5.41) is 9.42. The number of anilines is 2. The monoisotopic (exact) mass is 1120 g/mol. The summed E-state index contributed by atoms with van der Waals surface area (Å²) < 4.78 is 49.7. The van der Waals surface area contributed by atoms with Crippen LogP contribution in [0.2, 0.25) is 10.0 Å². The summed E-state index contributed by atoms with van der Waals surface area (Å²) in [5.74, 6) is -2.41. The average molecular weight is 1120 g/mol. The van der Waals surface area contributed by atoms with E-state index in [-0.39, 0.29) is 64.7 Å². The second-order valence-electron chi connectivity index (χ2n) is 22.2. The van der Waals surface area contributed by atoms with E-state index in [1.54, 1.807) is 88.1 Å². The number of aryl methyl sites for hydroxylation is 1. The molecule has 3 N–H and O–H groups in total. The van der Waals surface area contributed by atoms with Gasteiger partial charge in [-0.05, 0) is 140 Å². The van der Waals surface area contributed by atoms with Crippen LogP contribution in [0.15, 0.2) is 65.5 Å². The highest BCUT2D eigenvalue weighted by Crippen LogP contribution is 2.47. The minimum atomic E-state index is -3.83. The van der Waals surface area contributed by atoms with E-state index >= 15 is 0 Å². The number of carbonyl (C=O) groups is 5. The van der Waals surface area contributed by atoms with E-state index in [0.717, 1.165) is 22.6 Å². The highest BCUT2D eigenvalue weighted by Gasteiger charge is 2.42. The van der Waals surface area contributed by atoms with Gasteiger partial charge in [0.15, 0.2) is 17.2 Å². The molecule has 3 fully saturated rings. The quantitative estimate of drug-likeness (QED) is 0.0742. The van der Waals surface area contributed by atoms with Crippen LogP contribution in [-0.4, -0.2) is 106 Å². The first-order chi connectivity index (χ1) is 35.6. The molecular weight excluding hydrogens is 1060 g/mol. The van der Waals surface area contributed by atoms with Gasteiger partial charge in [-0.3, -0.25) is 24.0 Å². The molecule has 3 aliphatic heterocycles. The van der Waals surface area contributed by atoms with Crippen LogP contribution in [0.5, 0.6) is 5.75 Å². The lowest BCUT2D eigenvalue weighted by atomic mass is 9.89. The number of rotatable bonds is 13. The molecule has 22 heteroatoms. The zero-order valence-corrected chi connectivity index (χ0v) is 47.3. The molecule has 1 unspecified atom stereocenters. The molecule has 8 rings (SSSR count). The Kier molecular flexibility index (Phi) is 16.2. The Balaban J connectivity index is 0.873. The van der Waals surface area contributed by atoms with Crippen LogP contribution in [0.4, 0.5) is 16.2 Å². The molecule has 0 saturated carbocycles. The van der Waals surface area contributed by atoms with E-state index in [9.17, 15) is 37.2 Å². The summed E-state index contributed by atoms with van der Waals surface area (Å²) in [5.41, 5.74) is 1.56. The highest BCUT2D eigenvalue weighted by atomic mass is 35.5. The van der Waals surface area contributed by atoms with Crippen molar-refractivity contribution in [3.8, 4) is 16.2 Å². The number of urea groups is 1. The van der Waals surface area contributed by atoms with Gasteiger partial charge in [-0.25, -0.2) is 27.6 Å². The van der Waals surface area contributed by atoms with Crippen LogP contribution in [-0.2, 0) is 46.7 Å². The number of aromatic nitrogens is 2. The number of piperidine rings is 3. The molecule has 5 aromatic rings. The van der Waals surface area contributed by atoms with Gasteiger partial charge in [-0.1, -0.05) is 53.5 Å². The lowest BCUT2D eigenvalue weighted by Gasteiger charge is -2.45. The smallest absolute Gasteiger partial charge is 0.352 e. The zero-order valence-electron chi connectivity index (χ0n) is 44.1. The number of benzene rings is 3. The van der Waals surface area contributed by atoms with Crippen LogP contribution in [0, 0.1) is 0 Å². The Morgan fingerprint density at radius 3 is 2.21 bits per heavy atom. The molecule has 4 amide bonds. The summed E-state index contributed by atoms with van der Waals surface area (Å²) in [6, 6.07) is 16.8. The molecular formula is C54H65Cl2N7O11S2. The molecule has 0 radical (unpaired) electrons. The van der Waals surface area contributed by atoms with Crippen molar-refractivity contribution in [2.75, 3.05) is 36.9 Å². The topological polar surface area (TPSA) is 217 Å².